The maximum absolute atomic E-state index is 12.8. The molecule has 14 heavy (non-hydrogen) atoms. The number of nitrogens with one attached hydrogen (secondary N) is 1. The van der Waals surface area contributed by atoms with Crippen molar-refractivity contribution in [3.05, 3.63) is 29.6 Å². The van der Waals surface area contributed by atoms with Gasteiger partial charge in [-0.3, -0.25) is 0 Å². The summed E-state index contributed by atoms with van der Waals surface area (Å²) in [7, 11) is 0. The molecule has 0 aliphatic carbocycles. The van der Waals surface area contributed by atoms with Gasteiger partial charge < -0.3 is 11.1 Å². The monoisotopic (exact) mass is 194 g/mol. The second kappa shape index (κ2) is 3.96. The Bertz CT molecular complexity index is 319. The molecule has 0 aromatic heterocycles. The molecule has 0 unspecified atom stereocenters. The average molecular weight is 194 g/mol. The zero-order valence-corrected chi connectivity index (χ0v) is 8.09. The Morgan fingerprint density at radius 1 is 1.29 bits per heavy atom. The summed E-state index contributed by atoms with van der Waals surface area (Å²) in [6.45, 7) is 2.06. The van der Waals surface area contributed by atoms with Crippen LogP contribution in [-0.4, -0.2) is 13.1 Å². The van der Waals surface area contributed by atoms with Crippen LogP contribution < -0.4 is 11.1 Å². The first-order valence-electron chi connectivity index (χ1n) is 5.03. The van der Waals surface area contributed by atoms with E-state index in [9.17, 15) is 4.39 Å². The third-order valence-corrected chi connectivity index (χ3v) is 2.83. The van der Waals surface area contributed by atoms with E-state index in [0.717, 1.165) is 31.5 Å². The molecule has 1 saturated heterocycles. The predicted octanol–water partition coefficient (Wildman–Crippen LogP) is 1.87. The maximum Gasteiger partial charge on any atom is 0.125 e. The highest BCUT2D eigenvalue weighted by Gasteiger charge is 2.17. The van der Waals surface area contributed by atoms with Gasteiger partial charge in [-0.25, -0.2) is 4.39 Å². The van der Waals surface area contributed by atoms with Gasteiger partial charge in [0.15, 0.2) is 0 Å². The summed E-state index contributed by atoms with van der Waals surface area (Å²) in [5.74, 6) is 0.247. The van der Waals surface area contributed by atoms with Crippen LogP contribution in [0, 0.1) is 5.82 Å². The summed E-state index contributed by atoms with van der Waals surface area (Å²) in [4.78, 5) is 0. The van der Waals surface area contributed by atoms with Crippen LogP contribution in [-0.2, 0) is 0 Å². The first-order chi connectivity index (χ1) is 6.77. The summed E-state index contributed by atoms with van der Waals surface area (Å²) in [6, 6.07) is 4.73. The van der Waals surface area contributed by atoms with Gasteiger partial charge in [-0.1, -0.05) is 6.07 Å². The predicted molar refractivity (Wildman–Crippen MR) is 55.7 cm³/mol. The number of anilines is 1. The zero-order chi connectivity index (χ0) is 9.97. The smallest absolute Gasteiger partial charge is 0.125 e. The number of piperidine rings is 1. The molecule has 0 atom stereocenters. The van der Waals surface area contributed by atoms with Gasteiger partial charge in [0.1, 0.15) is 5.82 Å². The molecule has 1 aliphatic heterocycles. The Balaban J connectivity index is 2.22. The lowest BCUT2D eigenvalue weighted by molar-refractivity contribution is 0.461. The van der Waals surface area contributed by atoms with E-state index in [0.29, 0.717) is 11.6 Å². The number of hydrogen-bond acceptors (Lipinski definition) is 2. The van der Waals surface area contributed by atoms with E-state index in [1.807, 2.05) is 6.07 Å². The van der Waals surface area contributed by atoms with Crippen molar-refractivity contribution in [2.45, 2.75) is 18.8 Å². The first kappa shape index (κ1) is 9.46. The van der Waals surface area contributed by atoms with Gasteiger partial charge >= 0.3 is 0 Å². The van der Waals surface area contributed by atoms with Gasteiger partial charge in [0, 0.05) is 5.69 Å². The Kier molecular flexibility index (Phi) is 2.68. The topological polar surface area (TPSA) is 38.0 Å². The van der Waals surface area contributed by atoms with Gasteiger partial charge in [-0.2, -0.15) is 0 Å². The molecule has 0 amide bonds. The number of hydrogen-bond donors (Lipinski definition) is 2. The molecule has 0 saturated carbocycles. The number of halogens is 1. The molecular weight excluding hydrogens is 179 g/mol. The maximum atomic E-state index is 12.8. The second-order valence-electron chi connectivity index (χ2n) is 3.80. The number of rotatable bonds is 1. The lowest BCUT2D eigenvalue weighted by atomic mass is 9.89. The van der Waals surface area contributed by atoms with Crippen molar-refractivity contribution in [3.8, 4) is 0 Å². The van der Waals surface area contributed by atoms with Crippen LogP contribution in [0.3, 0.4) is 0 Å². The van der Waals surface area contributed by atoms with E-state index in [1.165, 1.54) is 12.1 Å². The van der Waals surface area contributed by atoms with Crippen LogP contribution in [0.2, 0.25) is 0 Å². The fraction of sp³-hybridized carbons (Fsp3) is 0.455. The van der Waals surface area contributed by atoms with Crippen molar-refractivity contribution in [1.29, 1.82) is 0 Å². The van der Waals surface area contributed by atoms with Gasteiger partial charge in [0.2, 0.25) is 0 Å². The highest BCUT2D eigenvalue weighted by atomic mass is 19.1. The molecule has 0 bridgehead atoms. The highest BCUT2D eigenvalue weighted by Crippen LogP contribution is 2.29. The van der Waals surface area contributed by atoms with Crippen LogP contribution in [0.4, 0.5) is 10.1 Å². The summed E-state index contributed by atoms with van der Waals surface area (Å²) >= 11 is 0. The quantitative estimate of drug-likeness (QED) is 0.670. The Labute approximate surface area is 83.3 Å². The van der Waals surface area contributed by atoms with E-state index in [2.05, 4.69) is 5.32 Å². The second-order valence-corrected chi connectivity index (χ2v) is 3.80. The molecule has 0 radical (unpaired) electrons. The van der Waals surface area contributed by atoms with Crippen LogP contribution >= 0.6 is 0 Å². The lowest BCUT2D eigenvalue weighted by Gasteiger charge is -2.24. The number of benzene rings is 1. The van der Waals surface area contributed by atoms with Crippen LogP contribution in [0.15, 0.2) is 18.2 Å². The molecule has 1 aromatic carbocycles. The van der Waals surface area contributed by atoms with E-state index in [4.69, 9.17) is 5.73 Å². The first-order valence-corrected chi connectivity index (χ1v) is 5.03. The third-order valence-electron chi connectivity index (χ3n) is 2.83. The fourth-order valence-corrected chi connectivity index (χ4v) is 2.05. The molecule has 2 rings (SSSR count). The van der Waals surface area contributed by atoms with Crippen LogP contribution in [0.5, 0.6) is 0 Å². The van der Waals surface area contributed by atoms with E-state index >= 15 is 0 Å². The third kappa shape index (κ3) is 1.87. The summed E-state index contributed by atoms with van der Waals surface area (Å²) in [6.07, 6.45) is 2.19. The minimum absolute atomic E-state index is 0.250. The molecule has 1 fully saturated rings. The number of nitrogens with two attached hydrogens (primary N) is 1. The Morgan fingerprint density at radius 3 is 2.64 bits per heavy atom. The molecule has 3 heteroatoms. The molecule has 1 heterocycles. The molecule has 3 N–H and O–H groups in total. The van der Waals surface area contributed by atoms with Crippen molar-refractivity contribution in [2.24, 2.45) is 0 Å². The SMILES string of the molecule is Nc1cc(F)ccc1C1CCNCC1. The van der Waals surface area contributed by atoms with E-state index in [1.54, 1.807) is 0 Å². The van der Waals surface area contributed by atoms with Crippen LogP contribution in [0.25, 0.3) is 0 Å². The molecule has 0 spiro atoms. The summed E-state index contributed by atoms with van der Waals surface area (Å²) in [5.41, 5.74) is 7.49. The van der Waals surface area contributed by atoms with Crippen molar-refractivity contribution >= 4 is 5.69 Å². The van der Waals surface area contributed by atoms with Crippen LogP contribution in [0.1, 0.15) is 24.3 Å². The van der Waals surface area contributed by atoms with Crippen molar-refractivity contribution < 1.29 is 4.39 Å². The Morgan fingerprint density at radius 2 is 2.00 bits per heavy atom. The molecule has 1 aromatic rings. The molecule has 1 aliphatic rings. The van der Waals surface area contributed by atoms with Crippen molar-refractivity contribution in [2.75, 3.05) is 18.8 Å². The van der Waals surface area contributed by atoms with E-state index in [-0.39, 0.29) is 5.82 Å². The van der Waals surface area contributed by atoms with Gasteiger partial charge in [-0.05, 0) is 49.5 Å². The van der Waals surface area contributed by atoms with Crippen molar-refractivity contribution in [1.82, 2.24) is 5.32 Å². The summed E-state index contributed by atoms with van der Waals surface area (Å²) < 4.78 is 12.8. The minimum Gasteiger partial charge on any atom is -0.398 e. The summed E-state index contributed by atoms with van der Waals surface area (Å²) in [5, 5.41) is 3.30. The van der Waals surface area contributed by atoms with Gasteiger partial charge in [0.25, 0.3) is 0 Å². The van der Waals surface area contributed by atoms with Gasteiger partial charge in [-0.15, -0.1) is 0 Å². The standard InChI is InChI=1S/C11H15FN2/c12-9-1-2-10(11(13)7-9)8-3-5-14-6-4-8/h1-2,7-8,14H,3-6,13H2. The average Bonchev–Trinajstić information content (AvgIpc) is 2.19. The normalized spacial score (nSPS) is 18.4. The van der Waals surface area contributed by atoms with Crippen molar-refractivity contribution in [3.63, 3.8) is 0 Å². The molecular formula is C11H15FN2. The van der Waals surface area contributed by atoms with E-state index < -0.39 is 0 Å². The fourth-order valence-electron chi connectivity index (χ4n) is 2.05. The minimum atomic E-state index is -0.250. The zero-order valence-electron chi connectivity index (χ0n) is 8.09. The molecule has 76 valence electrons. The van der Waals surface area contributed by atoms with Gasteiger partial charge in [0.05, 0.1) is 0 Å². The lowest BCUT2D eigenvalue weighted by Crippen LogP contribution is -2.27. The largest absolute Gasteiger partial charge is 0.398 e. The molecule has 2 nitrogen and oxygen atoms in total. The highest BCUT2D eigenvalue weighted by molar-refractivity contribution is 5.49. The Hall–Kier alpha value is -1.09. The number of nitrogen functional groups attached to an aromatic ring is 1.